The van der Waals surface area contributed by atoms with Crippen molar-refractivity contribution in [2.75, 3.05) is 52.5 Å². The molecule has 2 heterocycles. The van der Waals surface area contributed by atoms with E-state index >= 15 is 0 Å². The number of benzene rings is 1. The fourth-order valence-corrected chi connectivity index (χ4v) is 4.34. The van der Waals surface area contributed by atoms with Gasteiger partial charge in [0.1, 0.15) is 18.0 Å². The molecule has 0 spiro atoms. The summed E-state index contributed by atoms with van der Waals surface area (Å²) in [5, 5.41) is 11.5. The van der Waals surface area contributed by atoms with Crippen molar-refractivity contribution >= 4 is 12.0 Å². The molecule has 1 aromatic carbocycles. The number of hydrogen-bond donors (Lipinski definition) is 1. The Morgan fingerprint density at radius 1 is 1.06 bits per heavy atom. The van der Waals surface area contributed by atoms with Gasteiger partial charge in [-0.1, -0.05) is 17.7 Å². The predicted octanol–water partition coefficient (Wildman–Crippen LogP) is 1.89. The first-order chi connectivity index (χ1) is 14.8. The van der Waals surface area contributed by atoms with Gasteiger partial charge in [-0.15, -0.1) is 0 Å². The molecule has 2 aliphatic heterocycles. The molecule has 31 heavy (non-hydrogen) atoms. The number of carbonyl (C=O) groups is 2. The molecular weight excluding hydrogens is 398 g/mol. The Hall–Kier alpha value is -2.32. The Balaban J connectivity index is 1.65. The fourth-order valence-electron chi connectivity index (χ4n) is 4.34. The first-order valence-corrected chi connectivity index (χ1v) is 11.1. The summed E-state index contributed by atoms with van der Waals surface area (Å²) in [6, 6.07) is 7.96. The van der Waals surface area contributed by atoms with Crippen molar-refractivity contribution in [1.82, 2.24) is 14.7 Å². The zero-order chi connectivity index (χ0) is 22.4. The average molecular weight is 434 g/mol. The lowest BCUT2D eigenvalue weighted by Gasteiger charge is -2.40. The quantitative estimate of drug-likeness (QED) is 0.764. The lowest BCUT2D eigenvalue weighted by Crippen LogP contribution is -2.55. The molecule has 2 saturated heterocycles. The maximum absolute atomic E-state index is 12.1. The van der Waals surface area contributed by atoms with Crippen molar-refractivity contribution in [2.45, 2.75) is 45.3 Å². The molecule has 3 rings (SSSR count). The predicted molar refractivity (Wildman–Crippen MR) is 117 cm³/mol. The summed E-state index contributed by atoms with van der Waals surface area (Å²) in [6.45, 7) is 9.03. The second-order valence-electron chi connectivity index (χ2n) is 8.65. The van der Waals surface area contributed by atoms with Crippen LogP contribution in [0.1, 0.15) is 32.3 Å². The molecule has 8 nitrogen and oxygen atoms in total. The van der Waals surface area contributed by atoms with Crippen LogP contribution in [-0.4, -0.2) is 95.9 Å². The van der Waals surface area contributed by atoms with Gasteiger partial charge >= 0.3 is 6.09 Å². The molecule has 0 bridgehead atoms. The van der Waals surface area contributed by atoms with Gasteiger partial charge in [-0.05, 0) is 38.8 Å². The van der Waals surface area contributed by atoms with E-state index in [-0.39, 0.29) is 31.2 Å². The Morgan fingerprint density at radius 3 is 2.35 bits per heavy atom. The lowest BCUT2D eigenvalue weighted by atomic mass is 9.99. The summed E-state index contributed by atoms with van der Waals surface area (Å²) in [4.78, 5) is 29.8. The minimum atomic E-state index is -1.18. The number of aliphatic hydroxyl groups is 1. The van der Waals surface area contributed by atoms with E-state index in [0.717, 1.165) is 18.4 Å². The summed E-state index contributed by atoms with van der Waals surface area (Å²) >= 11 is 0. The highest BCUT2D eigenvalue weighted by molar-refractivity contribution is 5.73. The minimum absolute atomic E-state index is 0.0484. The van der Waals surface area contributed by atoms with E-state index in [9.17, 15) is 14.7 Å². The zero-order valence-electron chi connectivity index (χ0n) is 18.9. The van der Waals surface area contributed by atoms with Gasteiger partial charge in [-0.2, -0.15) is 0 Å². The summed E-state index contributed by atoms with van der Waals surface area (Å²) < 4.78 is 11.0. The Kier molecular flexibility index (Phi) is 7.78. The van der Waals surface area contributed by atoms with Crippen LogP contribution < -0.4 is 4.74 Å². The highest BCUT2D eigenvalue weighted by Crippen LogP contribution is 2.24. The normalized spacial score (nSPS) is 23.4. The molecule has 2 amide bonds. The van der Waals surface area contributed by atoms with Crippen LogP contribution in [0.25, 0.3) is 0 Å². The molecule has 0 aromatic heterocycles. The number of rotatable bonds is 5. The van der Waals surface area contributed by atoms with E-state index in [4.69, 9.17) is 9.47 Å². The molecule has 172 valence electrons. The zero-order valence-corrected chi connectivity index (χ0v) is 18.9. The number of carbonyl (C=O) groups excluding carboxylic acids is 2. The van der Waals surface area contributed by atoms with E-state index in [2.05, 4.69) is 4.90 Å². The fraction of sp³-hybridized carbons (Fsp3) is 0.652. The van der Waals surface area contributed by atoms with E-state index in [0.29, 0.717) is 45.1 Å². The van der Waals surface area contributed by atoms with E-state index < -0.39 is 5.60 Å². The lowest BCUT2D eigenvalue weighted by molar-refractivity contribution is -0.132. The largest absolute Gasteiger partial charge is 0.490 e. The second-order valence-corrected chi connectivity index (χ2v) is 8.65. The molecule has 2 aliphatic rings. The van der Waals surface area contributed by atoms with Crippen molar-refractivity contribution in [1.29, 1.82) is 0 Å². The van der Waals surface area contributed by atoms with Gasteiger partial charge in [0.15, 0.2) is 0 Å². The number of amides is 2. The van der Waals surface area contributed by atoms with Crippen LogP contribution in [0.15, 0.2) is 24.3 Å². The molecule has 0 radical (unpaired) electrons. The summed E-state index contributed by atoms with van der Waals surface area (Å²) in [5.74, 6) is 0.652. The molecule has 0 aliphatic carbocycles. The average Bonchev–Trinajstić information content (AvgIpc) is 2.93. The van der Waals surface area contributed by atoms with Crippen molar-refractivity contribution < 1.29 is 24.2 Å². The number of likely N-dealkylation sites (tertiary alicyclic amines) is 1. The molecule has 0 unspecified atom stereocenters. The number of nitrogens with zero attached hydrogens (tertiary/aromatic N) is 3. The monoisotopic (exact) mass is 433 g/mol. The molecule has 2 fully saturated rings. The van der Waals surface area contributed by atoms with Crippen LogP contribution in [0.4, 0.5) is 4.79 Å². The van der Waals surface area contributed by atoms with Gasteiger partial charge in [0, 0.05) is 45.7 Å². The van der Waals surface area contributed by atoms with E-state index in [1.165, 1.54) is 6.92 Å². The number of piperidine rings is 1. The summed E-state index contributed by atoms with van der Waals surface area (Å²) in [5.41, 5.74) is -0.0330. The maximum atomic E-state index is 12.1. The molecule has 1 aromatic rings. The third kappa shape index (κ3) is 6.33. The van der Waals surface area contributed by atoms with E-state index in [1.54, 1.807) is 9.80 Å². The molecule has 1 N–H and O–H groups in total. The van der Waals surface area contributed by atoms with Crippen LogP contribution in [0, 0.1) is 6.92 Å². The topological polar surface area (TPSA) is 82.6 Å². The number of β-amino-alcohol motifs (C(OH)–C–C–N with tert-alkyl or cyclic N) is 1. The molecular formula is C23H35N3O5. The van der Waals surface area contributed by atoms with Crippen LogP contribution in [0.3, 0.4) is 0 Å². The first kappa shape index (κ1) is 23.3. The number of ether oxygens (including phenoxy) is 2. The highest BCUT2D eigenvalue weighted by atomic mass is 16.6. The van der Waals surface area contributed by atoms with Crippen molar-refractivity contribution in [3.05, 3.63) is 29.8 Å². The van der Waals surface area contributed by atoms with Crippen LogP contribution in [0.5, 0.6) is 5.75 Å². The van der Waals surface area contributed by atoms with Crippen LogP contribution in [-0.2, 0) is 9.53 Å². The van der Waals surface area contributed by atoms with Gasteiger partial charge in [-0.3, -0.25) is 9.69 Å². The Bertz CT molecular complexity index is 748. The highest BCUT2D eigenvalue weighted by Gasteiger charge is 2.39. The standard InChI is InChI=1S/C23H35N3O5/c1-4-30-22(28)24-11-9-20(10-12-24)26-14-13-25(19(3)27)15-23(29,16-26)17-31-21-7-5-18(2)6-8-21/h5-8,20,29H,4,9-17H2,1-3H3/t23-/m1/s1. The summed E-state index contributed by atoms with van der Waals surface area (Å²) in [6.07, 6.45) is 1.37. The van der Waals surface area contributed by atoms with E-state index in [1.807, 2.05) is 38.1 Å². The van der Waals surface area contributed by atoms with Crippen molar-refractivity contribution in [2.24, 2.45) is 0 Å². The Morgan fingerprint density at radius 2 is 1.74 bits per heavy atom. The van der Waals surface area contributed by atoms with Crippen molar-refractivity contribution in [3.8, 4) is 5.75 Å². The smallest absolute Gasteiger partial charge is 0.409 e. The molecule has 0 saturated carbocycles. The SMILES string of the molecule is CCOC(=O)N1CCC(N2CCN(C(C)=O)C[C@](O)(COc3ccc(C)cc3)C2)CC1. The molecule has 8 heteroatoms. The third-order valence-electron chi connectivity index (χ3n) is 6.12. The Labute approximate surface area is 184 Å². The van der Waals surface area contributed by atoms with Gasteiger partial charge < -0.3 is 24.4 Å². The molecule has 1 atom stereocenters. The second kappa shape index (κ2) is 10.3. The minimum Gasteiger partial charge on any atom is -0.490 e. The third-order valence-corrected chi connectivity index (χ3v) is 6.12. The number of hydrogen-bond acceptors (Lipinski definition) is 6. The van der Waals surface area contributed by atoms with Crippen molar-refractivity contribution in [3.63, 3.8) is 0 Å². The van der Waals surface area contributed by atoms with Gasteiger partial charge in [0.05, 0.1) is 13.2 Å². The summed E-state index contributed by atoms with van der Waals surface area (Å²) in [7, 11) is 0. The number of aryl methyl sites for hydroxylation is 1. The maximum Gasteiger partial charge on any atom is 0.409 e. The van der Waals surface area contributed by atoms with Gasteiger partial charge in [0.25, 0.3) is 0 Å². The van der Waals surface area contributed by atoms with Crippen LogP contribution >= 0.6 is 0 Å². The van der Waals surface area contributed by atoms with Gasteiger partial charge in [0.2, 0.25) is 5.91 Å². The van der Waals surface area contributed by atoms with Crippen LogP contribution in [0.2, 0.25) is 0 Å². The first-order valence-electron chi connectivity index (χ1n) is 11.1. The van der Waals surface area contributed by atoms with Gasteiger partial charge in [-0.25, -0.2) is 4.79 Å².